The fourth-order valence-electron chi connectivity index (χ4n) is 5.11. The molecule has 0 N–H and O–H groups in total. The van der Waals surface area contributed by atoms with Gasteiger partial charge in [0.1, 0.15) is 0 Å². The van der Waals surface area contributed by atoms with Gasteiger partial charge in [-0.3, -0.25) is 8.33 Å². The van der Waals surface area contributed by atoms with Crippen LogP contribution in [0.4, 0.5) is 0 Å². The van der Waals surface area contributed by atoms with Gasteiger partial charge in [0.05, 0.1) is 29.9 Å². The average molecular weight is 503 g/mol. The molecule has 2 atom stereocenters. The fraction of sp³-hybridized carbons (Fsp3) is 0.125. The van der Waals surface area contributed by atoms with Crippen molar-refractivity contribution < 1.29 is 0 Å². The van der Waals surface area contributed by atoms with Crippen molar-refractivity contribution in [1.82, 2.24) is 8.33 Å². The van der Waals surface area contributed by atoms with E-state index in [9.17, 15) is 0 Å². The highest BCUT2D eigenvalue weighted by Gasteiger charge is 2.27. The van der Waals surface area contributed by atoms with Gasteiger partial charge in [0.15, 0.2) is 0 Å². The van der Waals surface area contributed by atoms with Gasteiger partial charge in [0.25, 0.3) is 0 Å². The first-order valence-electron chi connectivity index (χ1n) is 12.5. The van der Waals surface area contributed by atoms with Gasteiger partial charge in [-0.25, -0.2) is 0 Å². The van der Waals surface area contributed by atoms with E-state index in [1.54, 1.807) is 0 Å². The lowest BCUT2D eigenvalue weighted by atomic mass is 10.1. The molecule has 1 aliphatic rings. The Morgan fingerprint density at radius 3 is 1.58 bits per heavy atom. The number of rotatable bonds is 2. The van der Waals surface area contributed by atoms with E-state index in [1.807, 2.05) is 11.8 Å². The van der Waals surface area contributed by atoms with Gasteiger partial charge in [-0.15, -0.1) is 0 Å². The lowest BCUT2D eigenvalue weighted by Crippen LogP contribution is -1.84. The van der Waals surface area contributed by atoms with Crippen LogP contribution in [0.3, 0.4) is 0 Å². The molecule has 0 radical (unpaired) electrons. The van der Waals surface area contributed by atoms with Crippen LogP contribution in [0.2, 0.25) is 0 Å². The topological polar surface area (TPSA) is 8.82 Å². The number of aromatic nitrogens is 2. The Morgan fingerprint density at radius 2 is 1.03 bits per heavy atom. The predicted octanol–water partition coefficient (Wildman–Crippen LogP) is 9.65. The molecular formula is C32H27N2PS. The lowest BCUT2D eigenvalue weighted by molar-refractivity contribution is 1.05. The van der Waals surface area contributed by atoms with Crippen molar-refractivity contribution in [2.24, 2.45) is 0 Å². The van der Waals surface area contributed by atoms with Gasteiger partial charge in [-0.2, -0.15) is 11.8 Å². The predicted molar refractivity (Wildman–Crippen MR) is 159 cm³/mol. The van der Waals surface area contributed by atoms with Gasteiger partial charge in [0.2, 0.25) is 0 Å². The van der Waals surface area contributed by atoms with Crippen LogP contribution in [0.5, 0.6) is 0 Å². The maximum absolute atomic E-state index is 2.57. The molecule has 4 heterocycles. The third-order valence-corrected chi connectivity index (χ3v) is 10.9. The monoisotopic (exact) mass is 502 g/mol. The molecule has 4 heteroatoms. The van der Waals surface area contributed by atoms with E-state index < -0.39 is 7.85 Å². The molecular weight excluding hydrogens is 475 g/mol. The normalized spacial score (nSPS) is 17.1. The molecule has 1 saturated heterocycles. The van der Waals surface area contributed by atoms with Gasteiger partial charge < -0.3 is 0 Å². The number of nitrogens with zero attached hydrogens (tertiary/aromatic N) is 2. The highest BCUT2D eigenvalue weighted by Crippen LogP contribution is 2.48. The fourth-order valence-corrected chi connectivity index (χ4v) is 8.31. The molecule has 0 saturated carbocycles. The smallest absolute Gasteiger partial charge is 0.0757 e. The highest BCUT2D eigenvalue weighted by molar-refractivity contribution is 8.07. The zero-order valence-corrected chi connectivity index (χ0v) is 22.1. The molecule has 0 bridgehead atoms. The van der Waals surface area contributed by atoms with E-state index in [2.05, 4.69) is 137 Å². The van der Waals surface area contributed by atoms with Gasteiger partial charge in [-0.1, -0.05) is 92.7 Å². The molecule has 7 aromatic rings. The quantitative estimate of drug-likeness (QED) is 0.214. The first kappa shape index (κ1) is 21.9. The first-order chi connectivity index (χ1) is 17.7. The van der Waals surface area contributed by atoms with Crippen molar-refractivity contribution in [1.29, 1.82) is 0 Å². The SMILES string of the molecule is CC1SC1C.c1ccc(-c2cccc(-p3n4c5ccccc5cc4c4cc5ccccc5n43)c2)cc1. The molecule has 8 rings (SSSR count). The van der Waals surface area contributed by atoms with Crippen molar-refractivity contribution in [2.45, 2.75) is 24.3 Å². The molecule has 176 valence electrons. The first-order valence-corrected chi connectivity index (χ1v) is 14.7. The highest BCUT2D eigenvalue weighted by atomic mass is 32.2. The van der Waals surface area contributed by atoms with E-state index in [-0.39, 0.29) is 0 Å². The van der Waals surface area contributed by atoms with Crippen molar-refractivity contribution in [3.8, 4) is 16.4 Å². The molecule has 2 nitrogen and oxygen atoms in total. The summed E-state index contributed by atoms with van der Waals surface area (Å²) in [6, 6.07) is 42.0. The second kappa shape index (κ2) is 8.62. The summed E-state index contributed by atoms with van der Waals surface area (Å²) in [5.74, 6) is 0. The molecule has 2 unspecified atom stereocenters. The summed E-state index contributed by atoms with van der Waals surface area (Å²) in [7, 11) is -0.771. The minimum atomic E-state index is -0.771. The molecule has 3 aromatic heterocycles. The number of hydrogen-bond acceptors (Lipinski definition) is 1. The van der Waals surface area contributed by atoms with E-state index in [0.29, 0.717) is 0 Å². The van der Waals surface area contributed by atoms with Crippen molar-refractivity contribution in [3.05, 3.63) is 115 Å². The summed E-state index contributed by atoms with van der Waals surface area (Å²) >= 11 is 2.05. The third kappa shape index (κ3) is 3.58. The van der Waals surface area contributed by atoms with E-state index in [4.69, 9.17) is 0 Å². The van der Waals surface area contributed by atoms with Crippen molar-refractivity contribution in [2.75, 3.05) is 0 Å². The Labute approximate surface area is 216 Å². The van der Waals surface area contributed by atoms with Gasteiger partial charge in [0, 0.05) is 26.6 Å². The van der Waals surface area contributed by atoms with Crippen LogP contribution in [-0.2, 0) is 0 Å². The van der Waals surface area contributed by atoms with Gasteiger partial charge >= 0.3 is 0 Å². The average Bonchev–Trinajstić information content (AvgIpc) is 3.26. The van der Waals surface area contributed by atoms with Crippen LogP contribution in [-0.4, -0.2) is 18.8 Å². The summed E-state index contributed by atoms with van der Waals surface area (Å²) in [5, 5.41) is 5.91. The Kier molecular flexibility index (Phi) is 5.23. The van der Waals surface area contributed by atoms with Crippen LogP contribution in [0.15, 0.2) is 115 Å². The maximum atomic E-state index is 2.57. The zero-order chi connectivity index (χ0) is 24.2. The molecule has 36 heavy (non-hydrogen) atoms. The Hall–Kier alpha value is -3.39. The van der Waals surface area contributed by atoms with Crippen LogP contribution in [0.1, 0.15) is 13.8 Å². The van der Waals surface area contributed by atoms with E-state index in [1.165, 1.54) is 49.3 Å². The molecule has 4 aromatic carbocycles. The minimum absolute atomic E-state index is 0.771. The molecule has 1 fully saturated rings. The molecule has 1 aliphatic heterocycles. The van der Waals surface area contributed by atoms with Crippen LogP contribution >= 0.6 is 19.6 Å². The summed E-state index contributed by atoms with van der Waals surface area (Å²) in [6.45, 7) is 4.52. The van der Waals surface area contributed by atoms with Gasteiger partial charge in [-0.05, 0) is 47.5 Å². The largest absolute Gasteiger partial charge is 0.281 e. The second-order valence-corrected chi connectivity index (χ2v) is 13.2. The maximum Gasteiger partial charge on any atom is 0.0757 e. The summed E-state index contributed by atoms with van der Waals surface area (Å²) in [5.41, 5.74) is 7.77. The molecule has 0 aliphatic carbocycles. The minimum Gasteiger partial charge on any atom is -0.281 e. The van der Waals surface area contributed by atoms with Crippen LogP contribution in [0.25, 0.3) is 49.3 Å². The Balaban J connectivity index is 0.000000397. The number of benzene rings is 4. The van der Waals surface area contributed by atoms with Crippen molar-refractivity contribution in [3.63, 3.8) is 0 Å². The summed E-state index contributed by atoms with van der Waals surface area (Å²) in [4.78, 5) is 0. The third-order valence-electron chi connectivity index (χ3n) is 7.21. The number of fused-ring (bicyclic) bond motifs is 7. The second-order valence-electron chi connectivity index (χ2n) is 9.55. The Morgan fingerprint density at radius 1 is 0.528 bits per heavy atom. The van der Waals surface area contributed by atoms with Crippen molar-refractivity contribution >= 4 is 52.5 Å². The zero-order valence-electron chi connectivity index (χ0n) is 20.4. The van der Waals surface area contributed by atoms with Crippen LogP contribution < -0.4 is 0 Å². The molecule has 0 spiro atoms. The Bertz CT molecular complexity index is 1760. The van der Waals surface area contributed by atoms with E-state index >= 15 is 0 Å². The number of thioether (sulfide) groups is 1. The molecule has 0 amide bonds. The summed E-state index contributed by atoms with van der Waals surface area (Å²) < 4.78 is 5.13. The summed E-state index contributed by atoms with van der Waals surface area (Å²) in [6.07, 6.45) is 0. The van der Waals surface area contributed by atoms with Crippen LogP contribution in [0, 0.1) is 0 Å². The number of para-hydroxylation sites is 2. The number of hydrogen-bond donors (Lipinski definition) is 0. The lowest BCUT2D eigenvalue weighted by Gasteiger charge is -2.09. The van der Waals surface area contributed by atoms with E-state index in [0.717, 1.165) is 10.5 Å². The standard InChI is InChI=1S/C28H19N2P.C4H8S/c1-2-9-20(10-3-1)21-13-8-14-24(17-21)31-29-25-15-6-4-11-22(25)18-27(29)28-19-23-12-5-7-16-26(23)30(28)31;1-3-4(2)5-3/h1-19H;3-4H,1-2H3.